The highest BCUT2D eigenvalue weighted by molar-refractivity contribution is 5.87. The highest BCUT2D eigenvalue weighted by atomic mass is 16.5. The maximum absolute atomic E-state index is 11.3. The van der Waals surface area contributed by atoms with E-state index < -0.39 is 5.97 Å². The summed E-state index contributed by atoms with van der Waals surface area (Å²) in [4.78, 5) is 21.5. The zero-order valence-electron chi connectivity index (χ0n) is 9.67. The molecule has 0 aliphatic carbocycles. The fourth-order valence-electron chi connectivity index (χ4n) is 1.81. The summed E-state index contributed by atoms with van der Waals surface area (Å²) >= 11 is 0. The smallest absolute Gasteiger partial charge is 0.358 e. The van der Waals surface area contributed by atoms with Gasteiger partial charge in [-0.2, -0.15) is 0 Å². The predicted molar refractivity (Wildman–Crippen MR) is 60.8 cm³/mol. The third kappa shape index (κ3) is 2.71. The lowest BCUT2D eigenvalue weighted by molar-refractivity contribution is 0.0593. The van der Waals surface area contributed by atoms with E-state index >= 15 is 0 Å². The van der Waals surface area contributed by atoms with E-state index in [1.54, 1.807) is 6.20 Å². The SMILES string of the molecule is COC(=O)c1cncc(N2CCC(O)CC2)n1. The number of hydrogen-bond acceptors (Lipinski definition) is 6. The minimum atomic E-state index is -0.489. The first-order chi connectivity index (χ1) is 8.20. The average molecular weight is 237 g/mol. The van der Waals surface area contributed by atoms with E-state index in [1.165, 1.54) is 13.3 Å². The van der Waals surface area contributed by atoms with E-state index in [0.29, 0.717) is 18.7 Å². The summed E-state index contributed by atoms with van der Waals surface area (Å²) in [5.74, 6) is 0.163. The Kier molecular flexibility index (Phi) is 3.53. The van der Waals surface area contributed by atoms with Crippen LogP contribution in [-0.4, -0.2) is 47.3 Å². The van der Waals surface area contributed by atoms with Gasteiger partial charge in [0.1, 0.15) is 5.82 Å². The third-order valence-electron chi connectivity index (χ3n) is 2.80. The fourth-order valence-corrected chi connectivity index (χ4v) is 1.81. The average Bonchev–Trinajstić information content (AvgIpc) is 2.39. The molecular weight excluding hydrogens is 222 g/mol. The number of aromatic nitrogens is 2. The van der Waals surface area contributed by atoms with Crippen molar-refractivity contribution in [1.29, 1.82) is 0 Å². The highest BCUT2D eigenvalue weighted by Crippen LogP contribution is 2.17. The molecule has 0 spiro atoms. The first-order valence-corrected chi connectivity index (χ1v) is 5.54. The second-order valence-corrected chi connectivity index (χ2v) is 3.97. The largest absolute Gasteiger partial charge is 0.464 e. The molecular formula is C11H15N3O3. The molecule has 0 radical (unpaired) electrons. The first-order valence-electron chi connectivity index (χ1n) is 5.54. The Morgan fingerprint density at radius 2 is 2.18 bits per heavy atom. The molecule has 1 N–H and O–H groups in total. The van der Waals surface area contributed by atoms with Crippen molar-refractivity contribution in [1.82, 2.24) is 9.97 Å². The maximum Gasteiger partial charge on any atom is 0.358 e. The van der Waals surface area contributed by atoms with Crippen LogP contribution in [0.5, 0.6) is 0 Å². The van der Waals surface area contributed by atoms with Gasteiger partial charge < -0.3 is 14.7 Å². The lowest BCUT2D eigenvalue weighted by Gasteiger charge is -2.30. The number of carbonyl (C=O) groups is 1. The fraction of sp³-hybridized carbons (Fsp3) is 0.545. The maximum atomic E-state index is 11.3. The minimum Gasteiger partial charge on any atom is -0.464 e. The van der Waals surface area contributed by atoms with Gasteiger partial charge in [-0.15, -0.1) is 0 Å². The lowest BCUT2D eigenvalue weighted by Crippen LogP contribution is -2.36. The molecule has 1 aliphatic heterocycles. The highest BCUT2D eigenvalue weighted by Gasteiger charge is 2.19. The lowest BCUT2D eigenvalue weighted by atomic mass is 10.1. The summed E-state index contributed by atoms with van der Waals surface area (Å²) in [5.41, 5.74) is 0.205. The summed E-state index contributed by atoms with van der Waals surface area (Å²) in [6.45, 7) is 1.45. The molecule has 0 aromatic carbocycles. The Labute approximate surface area is 99.2 Å². The van der Waals surface area contributed by atoms with Crippen LogP contribution in [-0.2, 0) is 4.74 Å². The Balaban J connectivity index is 2.13. The number of aliphatic hydroxyl groups is 1. The summed E-state index contributed by atoms with van der Waals surface area (Å²) in [5, 5.41) is 9.42. The molecule has 1 fully saturated rings. The molecule has 1 aromatic heterocycles. The molecule has 0 amide bonds. The van der Waals surface area contributed by atoms with Gasteiger partial charge in [-0.05, 0) is 12.8 Å². The van der Waals surface area contributed by atoms with E-state index in [-0.39, 0.29) is 11.8 Å². The zero-order valence-corrected chi connectivity index (χ0v) is 9.67. The van der Waals surface area contributed by atoms with Gasteiger partial charge in [0.15, 0.2) is 5.69 Å². The Morgan fingerprint density at radius 3 is 2.82 bits per heavy atom. The predicted octanol–water partition coefficient (Wildman–Crippen LogP) is 0.224. The van der Waals surface area contributed by atoms with Gasteiger partial charge in [-0.3, -0.25) is 4.98 Å². The Morgan fingerprint density at radius 1 is 1.47 bits per heavy atom. The number of piperidine rings is 1. The van der Waals surface area contributed by atoms with Gasteiger partial charge in [-0.1, -0.05) is 0 Å². The summed E-state index contributed by atoms with van der Waals surface area (Å²) < 4.78 is 4.60. The van der Waals surface area contributed by atoms with Crippen LogP contribution in [0.15, 0.2) is 12.4 Å². The topological polar surface area (TPSA) is 75.5 Å². The van der Waals surface area contributed by atoms with Crippen LogP contribution in [0.1, 0.15) is 23.3 Å². The molecule has 0 saturated carbocycles. The van der Waals surface area contributed by atoms with Gasteiger partial charge in [-0.25, -0.2) is 9.78 Å². The van der Waals surface area contributed by atoms with E-state index in [4.69, 9.17) is 0 Å². The number of nitrogens with zero attached hydrogens (tertiary/aromatic N) is 3. The number of methoxy groups -OCH3 is 1. The van der Waals surface area contributed by atoms with Crippen LogP contribution in [0, 0.1) is 0 Å². The van der Waals surface area contributed by atoms with Crippen molar-refractivity contribution in [3.05, 3.63) is 18.1 Å². The molecule has 2 rings (SSSR count). The third-order valence-corrected chi connectivity index (χ3v) is 2.80. The normalized spacial score (nSPS) is 16.9. The van der Waals surface area contributed by atoms with Crippen molar-refractivity contribution in [2.24, 2.45) is 0 Å². The minimum absolute atomic E-state index is 0.205. The number of ether oxygens (including phenoxy) is 1. The van der Waals surface area contributed by atoms with Crippen LogP contribution < -0.4 is 4.90 Å². The molecule has 2 heterocycles. The molecule has 0 bridgehead atoms. The van der Waals surface area contributed by atoms with Gasteiger partial charge in [0.2, 0.25) is 0 Å². The van der Waals surface area contributed by atoms with Crippen molar-refractivity contribution >= 4 is 11.8 Å². The first kappa shape index (κ1) is 11.8. The van der Waals surface area contributed by atoms with Gasteiger partial charge in [0.25, 0.3) is 0 Å². The van der Waals surface area contributed by atoms with Crippen molar-refractivity contribution in [3.8, 4) is 0 Å². The van der Waals surface area contributed by atoms with E-state index in [0.717, 1.165) is 13.1 Å². The number of anilines is 1. The molecule has 6 heteroatoms. The van der Waals surface area contributed by atoms with Gasteiger partial charge in [0, 0.05) is 13.1 Å². The van der Waals surface area contributed by atoms with Crippen molar-refractivity contribution < 1.29 is 14.6 Å². The second-order valence-electron chi connectivity index (χ2n) is 3.97. The molecule has 1 aliphatic rings. The van der Waals surface area contributed by atoms with Crippen molar-refractivity contribution in [2.45, 2.75) is 18.9 Å². The molecule has 0 atom stereocenters. The summed E-state index contributed by atoms with van der Waals surface area (Å²) in [6.07, 6.45) is 4.19. The molecule has 1 saturated heterocycles. The van der Waals surface area contributed by atoms with Crippen LogP contribution in [0.2, 0.25) is 0 Å². The molecule has 1 aromatic rings. The number of hydrogen-bond donors (Lipinski definition) is 1. The van der Waals surface area contributed by atoms with Crippen LogP contribution >= 0.6 is 0 Å². The summed E-state index contributed by atoms with van der Waals surface area (Å²) in [7, 11) is 1.31. The van der Waals surface area contributed by atoms with Gasteiger partial charge in [0.05, 0.1) is 25.6 Å². The van der Waals surface area contributed by atoms with Crippen LogP contribution in [0.3, 0.4) is 0 Å². The summed E-state index contributed by atoms with van der Waals surface area (Å²) in [6, 6.07) is 0. The Bertz CT molecular complexity index is 403. The number of esters is 1. The standard InChI is InChI=1S/C11H15N3O3/c1-17-11(16)9-6-12-7-10(13-9)14-4-2-8(15)3-5-14/h6-8,15H,2-5H2,1H3. The quantitative estimate of drug-likeness (QED) is 0.742. The van der Waals surface area contributed by atoms with E-state index in [1.807, 2.05) is 4.90 Å². The van der Waals surface area contributed by atoms with E-state index in [9.17, 15) is 9.90 Å². The van der Waals surface area contributed by atoms with Crippen molar-refractivity contribution in [3.63, 3.8) is 0 Å². The van der Waals surface area contributed by atoms with Gasteiger partial charge >= 0.3 is 5.97 Å². The van der Waals surface area contributed by atoms with E-state index in [2.05, 4.69) is 14.7 Å². The molecule has 6 nitrogen and oxygen atoms in total. The van der Waals surface area contributed by atoms with Crippen LogP contribution in [0.4, 0.5) is 5.82 Å². The Hall–Kier alpha value is -1.69. The number of rotatable bonds is 2. The molecule has 17 heavy (non-hydrogen) atoms. The number of aliphatic hydroxyl groups excluding tert-OH is 1. The molecule has 92 valence electrons. The van der Waals surface area contributed by atoms with Crippen LogP contribution in [0.25, 0.3) is 0 Å². The molecule has 0 unspecified atom stereocenters. The monoisotopic (exact) mass is 237 g/mol. The zero-order chi connectivity index (χ0) is 12.3. The number of carbonyl (C=O) groups excluding carboxylic acids is 1. The second kappa shape index (κ2) is 5.09. The van der Waals surface area contributed by atoms with Crippen molar-refractivity contribution in [2.75, 3.05) is 25.1 Å².